The van der Waals surface area contributed by atoms with Crippen LogP contribution in [0.5, 0.6) is 0 Å². The van der Waals surface area contributed by atoms with Gasteiger partial charge >= 0.3 is 0 Å². The molecule has 0 amide bonds. The van der Waals surface area contributed by atoms with Crippen LogP contribution in [0.25, 0.3) is 44.6 Å². The molecule has 8 rings (SSSR count). The molecule has 0 aliphatic rings. The predicted molar refractivity (Wildman–Crippen MR) is 216 cm³/mol. The first-order valence-corrected chi connectivity index (χ1v) is 18.5. The molecule has 4 aromatic heterocycles. The number of halogens is 2. The van der Waals surface area contributed by atoms with Crippen molar-refractivity contribution in [3.8, 4) is 22.5 Å². The van der Waals surface area contributed by atoms with Gasteiger partial charge in [0.2, 0.25) is 11.8 Å². The van der Waals surface area contributed by atoms with Crippen molar-refractivity contribution in [1.82, 2.24) is 29.1 Å². The summed E-state index contributed by atoms with van der Waals surface area (Å²) in [5.74, 6) is 0.0535. The lowest BCUT2D eigenvalue weighted by molar-refractivity contribution is 0.0896. The molecular weight excluding hydrogens is 715 g/mol. The lowest BCUT2D eigenvalue weighted by atomic mass is 10.1. The number of fused-ring (bicyclic) bond motifs is 2. The number of carbonyl (C=O) groups excluding carboxylic acids is 2. The molecule has 0 aliphatic heterocycles. The number of rotatable bonds is 10. The molecule has 0 atom stereocenters. The Balaban J connectivity index is 0.000000167. The summed E-state index contributed by atoms with van der Waals surface area (Å²) in [7, 11) is 0. The predicted octanol–water partition coefficient (Wildman–Crippen LogP) is 10.8. The Bertz CT molecular complexity index is 2500. The maximum absolute atomic E-state index is 12.7. The van der Waals surface area contributed by atoms with Gasteiger partial charge in [-0.3, -0.25) is 28.7 Å². The lowest BCUT2D eigenvalue weighted by Crippen LogP contribution is -2.09. The van der Waals surface area contributed by atoms with E-state index in [1.54, 1.807) is 46.3 Å². The molecule has 4 aromatic carbocycles. The molecule has 0 saturated carbocycles. The lowest BCUT2D eigenvalue weighted by Gasteiger charge is -2.07. The fourth-order valence-electron chi connectivity index (χ4n) is 6.31. The molecule has 54 heavy (non-hydrogen) atoms. The molecule has 8 aromatic rings. The first-order valence-electron chi connectivity index (χ1n) is 17.7. The van der Waals surface area contributed by atoms with Crippen LogP contribution in [-0.2, 0) is 12.8 Å². The summed E-state index contributed by atoms with van der Waals surface area (Å²) in [6, 6.07) is 39.1. The van der Waals surface area contributed by atoms with Gasteiger partial charge in [-0.25, -0.2) is 9.97 Å². The molecule has 10 heteroatoms. The van der Waals surface area contributed by atoms with E-state index in [2.05, 4.69) is 44.2 Å². The van der Waals surface area contributed by atoms with E-state index in [0.717, 1.165) is 64.7 Å². The molecule has 0 bridgehead atoms. The van der Waals surface area contributed by atoms with Crippen LogP contribution in [0.3, 0.4) is 0 Å². The molecule has 268 valence electrons. The van der Waals surface area contributed by atoms with Crippen molar-refractivity contribution in [1.29, 1.82) is 0 Å². The normalized spacial score (nSPS) is 11.0. The first kappa shape index (κ1) is 36.4. The van der Waals surface area contributed by atoms with Gasteiger partial charge < -0.3 is 0 Å². The highest BCUT2D eigenvalue weighted by Gasteiger charge is 2.16. The minimum atomic E-state index is 0.0232. The molecule has 4 heterocycles. The summed E-state index contributed by atoms with van der Waals surface area (Å²) < 4.78 is 3.21. The number of nitrogens with zero attached hydrogens (tertiary/aromatic N) is 6. The molecular formula is C44H36Cl2N6O2. The Labute approximate surface area is 323 Å². The number of aryl methyl sites for hydroxylation is 2. The Morgan fingerprint density at radius 1 is 0.500 bits per heavy atom. The Hall–Kier alpha value is -5.96. The van der Waals surface area contributed by atoms with Crippen molar-refractivity contribution in [2.24, 2.45) is 0 Å². The molecule has 0 saturated heterocycles. The van der Waals surface area contributed by atoms with Crippen LogP contribution < -0.4 is 0 Å². The quantitative estimate of drug-likeness (QED) is 0.138. The zero-order chi connectivity index (χ0) is 37.3. The number of aromatic nitrogens is 6. The third kappa shape index (κ3) is 8.63. The number of pyridine rings is 2. The molecule has 0 radical (unpaired) electrons. The van der Waals surface area contributed by atoms with Gasteiger partial charge in [0.25, 0.3) is 0 Å². The molecule has 0 aliphatic carbocycles. The Morgan fingerprint density at radius 3 is 1.44 bits per heavy atom. The third-order valence-electron chi connectivity index (χ3n) is 9.09. The topological polar surface area (TPSA) is 95.6 Å². The fourth-order valence-corrected chi connectivity index (χ4v) is 6.82. The highest BCUT2D eigenvalue weighted by molar-refractivity contribution is 6.34. The van der Waals surface area contributed by atoms with Crippen molar-refractivity contribution in [2.75, 3.05) is 0 Å². The van der Waals surface area contributed by atoms with Gasteiger partial charge in [0.1, 0.15) is 12.7 Å². The summed E-state index contributed by atoms with van der Waals surface area (Å²) >= 11 is 12.9. The van der Waals surface area contributed by atoms with E-state index in [1.165, 1.54) is 11.1 Å². The molecule has 0 spiro atoms. The van der Waals surface area contributed by atoms with Crippen LogP contribution in [0.2, 0.25) is 10.0 Å². The number of hydrogen-bond acceptors (Lipinski definition) is 6. The molecule has 0 unspecified atom stereocenters. The van der Waals surface area contributed by atoms with Gasteiger partial charge in [-0.15, -0.1) is 0 Å². The minimum absolute atomic E-state index is 0.0232. The van der Waals surface area contributed by atoms with Gasteiger partial charge in [0, 0.05) is 36.4 Å². The molecule has 8 nitrogen and oxygen atoms in total. The fraction of sp³-hybridized carbons (Fsp3) is 0.136. The summed E-state index contributed by atoms with van der Waals surface area (Å²) in [6.07, 6.45) is 10.9. The van der Waals surface area contributed by atoms with Crippen molar-refractivity contribution in [3.05, 3.63) is 168 Å². The van der Waals surface area contributed by atoms with E-state index < -0.39 is 0 Å². The van der Waals surface area contributed by atoms with Crippen molar-refractivity contribution >= 4 is 57.1 Å². The zero-order valence-corrected chi connectivity index (χ0v) is 30.9. The van der Waals surface area contributed by atoms with Crippen molar-refractivity contribution in [3.63, 3.8) is 0 Å². The summed E-state index contributed by atoms with van der Waals surface area (Å²) in [5, 5.41) is 1.13. The standard InChI is InChI=1S/2C22H18ClN3O/c23-18-14-20-21(13-17(18)19-10-4-5-12-24-19)26(15-25-20)22(27)11-6-9-16-7-2-1-3-8-16;23-18-14-21-20(13-17(18)19-10-4-5-12-24-19)25-15-26(21)22(27)11-6-9-16-7-2-1-3-8-16/h2*1-5,7-8,10,12-15H,6,9,11H2. The van der Waals surface area contributed by atoms with Crippen molar-refractivity contribution in [2.45, 2.75) is 38.5 Å². The van der Waals surface area contributed by atoms with Gasteiger partial charge in [-0.05, 0) is 85.3 Å². The van der Waals surface area contributed by atoms with E-state index in [0.29, 0.717) is 28.4 Å². The SMILES string of the molecule is O=C(CCCc1ccccc1)n1cnc2cc(-c3ccccn3)c(Cl)cc21.O=C(CCCc1ccccc1)n1cnc2cc(Cl)c(-c3ccccn3)cc21. The average molecular weight is 752 g/mol. The Kier molecular flexibility index (Phi) is 11.6. The average Bonchev–Trinajstić information content (AvgIpc) is 3.82. The largest absolute Gasteiger partial charge is 0.274 e. The smallest absolute Gasteiger partial charge is 0.232 e. The van der Waals surface area contributed by atoms with Gasteiger partial charge in [-0.2, -0.15) is 0 Å². The molecule has 0 fully saturated rings. The van der Waals surface area contributed by atoms with Crippen LogP contribution in [0.4, 0.5) is 0 Å². The van der Waals surface area contributed by atoms with Crippen LogP contribution in [0.15, 0.2) is 146 Å². The second-order valence-electron chi connectivity index (χ2n) is 12.8. The number of imidazole rings is 2. The minimum Gasteiger partial charge on any atom is -0.274 e. The first-order chi connectivity index (χ1) is 26.4. The highest BCUT2D eigenvalue weighted by atomic mass is 35.5. The van der Waals surface area contributed by atoms with Crippen molar-refractivity contribution < 1.29 is 9.59 Å². The second kappa shape index (κ2) is 17.2. The van der Waals surface area contributed by atoms with Crippen LogP contribution >= 0.6 is 23.2 Å². The summed E-state index contributed by atoms with van der Waals surface area (Å²) in [5.41, 5.74) is 8.56. The van der Waals surface area contributed by atoms with Gasteiger partial charge in [-0.1, -0.05) is 96.0 Å². The van der Waals surface area contributed by atoms with E-state index in [4.69, 9.17) is 23.2 Å². The van der Waals surface area contributed by atoms with Crippen LogP contribution in [-0.4, -0.2) is 40.9 Å². The van der Waals surface area contributed by atoms with E-state index >= 15 is 0 Å². The van der Waals surface area contributed by atoms with Gasteiger partial charge in [0.15, 0.2) is 0 Å². The van der Waals surface area contributed by atoms with Crippen LogP contribution in [0.1, 0.15) is 46.4 Å². The second-order valence-corrected chi connectivity index (χ2v) is 13.6. The van der Waals surface area contributed by atoms with Crippen LogP contribution in [0, 0.1) is 0 Å². The summed E-state index contributed by atoms with van der Waals surface area (Å²) in [6.45, 7) is 0. The highest BCUT2D eigenvalue weighted by Crippen LogP contribution is 2.32. The zero-order valence-electron chi connectivity index (χ0n) is 29.4. The maximum atomic E-state index is 12.7. The van der Waals surface area contributed by atoms with Gasteiger partial charge in [0.05, 0.1) is 43.5 Å². The summed E-state index contributed by atoms with van der Waals surface area (Å²) in [4.78, 5) is 42.8. The van der Waals surface area contributed by atoms with E-state index in [9.17, 15) is 9.59 Å². The number of hydrogen-bond donors (Lipinski definition) is 0. The molecule has 0 N–H and O–H groups in total. The number of benzene rings is 4. The van der Waals surface area contributed by atoms with E-state index in [-0.39, 0.29) is 11.8 Å². The monoisotopic (exact) mass is 750 g/mol. The number of carbonyl (C=O) groups is 2. The van der Waals surface area contributed by atoms with E-state index in [1.807, 2.05) is 84.9 Å². The third-order valence-corrected chi connectivity index (χ3v) is 9.71. The maximum Gasteiger partial charge on any atom is 0.232 e. The Morgan fingerprint density at radius 2 is 0.944 bits per heavy atom.